The van der Waals surface area contributed by atoms with Crippen LogP contribution in [0.4, 0.5) is 5.69 Å². The van der Waals surface area contributed by atoms with Crippen molar-refractivity contribution in [2.45, 2.75) is 4.90 Å². The number of aryl methyl sites for hydroxylation is 1. The molecule has 2 aromatic carbocycles. The van der Waals surface area contributed by atoms with Gasteiger partial charge < -0.3 is 9.47 Å². The Hall–Kier alpha value is -3.00. The van der Waals surface area contributed by atoms with Gasteiger partial charge in [0, 0.05) is 18.7 Å². The molecule has 1 N–H and O–H groups in total. The molecule has 7 nitrogen and oxygen atoms in total. The van der Waals surface area contributed by atoms with E-state index in [4.69, 9.17) is 9.47 Å². The van der Waals surface area contributed by atoms with E-state index in [-0.39, 0.29) is 10.6 Å². The average Bonchev–Trinajstić information content (AvgIpc) is 3.01. The normalized spacial score (nSPS) is 11.2. The zero-order valence-corrected chi connectivity index (χ0v) is 15.4. The first-order chi connectivity index (χ1) is 12.5. The van der Waals surface area contributed by atoms with Crippen LogP contribution in [0.15, 0.2) is 59.6 Å². The maximum atomic E-state index is 13.0. The SMILES string of the molecule is COc1ccc(OC)c(S(=O)(=O)Nc2cnn(C)c2-c2ccccc2)c1. The highest BCUT2D eigenvalue weighted by atomic mass is 32.2. The van der Waals surface area contributed by atoms with Gasteiger partial charge in [-0.3, -0.25) is 9.40 Å². The number of rotatable bonds is 6. The summed E-state index contributed by atoms with van der Waals surface area (Å²) in [6, 6.07) is 14.0. The molecule has 0 bridgehead atoms. The van der Waals surface area contributed by atoms with Crippen LogP contribution in [0.5, 0.6) is 11.5 Å². The smallest absolute Gasteiger partial charge is 0.265 e. The molecule has 1 heterocycles. The monoisotopic (exact) mass is 373 g/mol. The van der Waals surface area contributed by atoms with E-state index in [1.807, 2.05) is 30.3 Å². The molecule has 136 valence electrons. The zero-order chi connectivity index (χ0) is 18.7. The minimum Gasteiger partial charge on any atom is -0.497 e. The van der Waals surface area contributed by atoms with Crippen molar-refractivity contribution >= 4 is 15.7 Å². The van der Waals surface area contributed by atoms with Crippen molar-refractivity contribution in [3.8, 4) is 22.8 Å². The van der Waals surface area contributed by atoms with E-state index in [0.29, 0.717) is 17.1 Å². The summed E-state index contributed by atoms with van der Waals surface area (Å²) in [7, 11) is 0.731. The van der Waals surface area contributed by atoms with Gasteiger partial charge in [0.25, 0.3) is 10.0 Å². The fourth-order valence-electron chi connectivity index (χ4n) is 2.64. The van der Waals surface area contributed by atoms with Crippen molar-refractivity contribution in [3.05, 3.63) is 54.7 Å². The van der Waals surface area contributed by atoms with Crippen LogP contribution in [-0.2, 0) is 17.1 Å². The maximum Gasteiger partial charge on any atom is 0.265 e. The lowest BCUT2D eigenvalue weighted by Gasteiger charge is -2.13. The number of nitrogens with zero attached hydrogens (tertiary/aromatic N) is 2. The summed E-state index contributed by atoms with van der Waals surface area (Å²) in [6.45, 7) is 0. The summed E-state index contributed by atoms with van der Waals surface area (Å²) in [6.07, 6.45) is 1.48. The lowest BCUT2D eigenvalue weighted by molar-refractivity contribution is 0.392. The third-order valence-corrected chi connectivity index (χ3v) is 5.28. The highest BCUT2D eigenvalue weighted by Crippen LogP contribution is 2.33. The van der Waals surface area contributed by atoms with Gasteiger partial charge in [0.15, 0.2) is 0 Å². The molecule has 3 rings (SSSR count). The molecule has 8 heteroatoms. The van der Waals surface area contributed by atoms with E-state index in [1.54, 1.807) is 23.9 Å². The predicted octanol–water partition coefficient (Wildman–Crippen LogP) is 2.91. The van der Waals surface area contributed by atoms with Crippen LogP contribution >= 0.6 is 0 Å². The van der Waals surface area contributed by atoms with Gasteiger partial charge >= 0.3 is 0 Å². The molecule has 1 aromatic heterocycles. The summed E-state index contributed by atoms with van der Waals surface area (Å²) >= 11 is 0. The van der Waals surface area contributed by atoms with E-state index in [1.165, 1.54) is 26.5 Å². The largest absolute Gasteiger partial charge is 0.497 e. The molecule has 0 aliphatic rings. The summed E-state index contributed by atoms with van der Waals surface area (Å²) in [5.41, 5.74) is 1.89. The van der Waals surface area contributed by atoms with E-state index in [0.717, 1.165) is 5.56 Å². The third-order valence-electron chi connectivity index (χ3n) is 3.89. The number of hydrogen-bond acceptors (Lipinski definition) is 5. The zero-order valence-electron chi connectivity index (χ0n) is 14.6. The second kappa shape index (κ2) is 7.09. The minimum atomic E-state index is -3.91. The van der Waals surface area contributed by atoms with Crippen LogP contribution in [0, 0.1) is 0 Å². The first kappa shape index (κ1) is 17.8. The predicted molar refractivity (Wildman–Crippen MR) is 99.0 cm³/mol. The quantitative estimate of drug-likeness (QED) is 0.718. The summed E-state index contributed by atoms with van der Waals surface area (Å²) in [4.78, 5) is -0.0118. The highest BCUT2D eigenvalue weighted by Gasteiger charge is 2.23. The van der Waals surface area contributed by atoms with Crippen LogP contribution in [0.3, 0.4) is 0 Å². The van der Waals surface area contributed by atoms with Crippen molar-refractivity contribution in [3.63, 3.8) is 0 Å². The number of aromatic nitrogens is 2. The fraction of sp³-hybridized carbons (Fsp3) is 0.167. The van der Waals surface area contributed by atoms with Gasteiger partial charge in [-0.25, -0.2) is 8.42 Å². The van der Waals surface area contributed by atoms with Crippen molar-refractivity contribution < 1.29 is 17.9 Å². The van der Waals surface area contributed by atoms with E-state index in [9.17, 15) is 8.42 Å². The van der Waals surface area contributed by atoms with Crippen LogP contribution in [0.1, 0.15) is 0 Å². The van der Waals surface area contributed by atoms with Gasteiger partial charge in [0.1, 0.15) is 16.4 Å². The number of anilines is 1. The molecule has 0 aliphatic carbocycles. The van der Waals surface area contributed by atoms with E-state index < -0.39 is 10.0 Å². The minimum absolute atomic E-state index is 0.0118. The number of nitrogens with one attached hydrogen (secondary N) is 1. The van der Waals surface area contributed by atoms with Crippen LogP contribution in [0.2, 0.25) is 0 Å². The molecule has 26 heavy (non-hydrogen) atoms. The molecule has 3 aromatic rings. The Labute approximate surface area is 152 Å². The van der Waals surface area contributed by atoms with E-state index in [2.05, 4.69) is 9.82 Å². The number of methoxy groups -OCH3 is 2. The number of ether oxygens (including phenoxy) is 2. The molecule has 0 unspecified atom stereocenters. The van der Waals surface area contributed by atoms with Gasteiger partial charge in [0.2, 0.25) is 0 Å². The van der Waals surface area contributed by atoms with Gasteiger partial charge in [-0.05, 0) is 12.1 Å². The molecule has 0 amide bonds. The molecular formula is C18H19N3O4S. The van der Waals surface area contributed by atoms with E-state index >= 15 is 0 Å². The van der Waals surface area contributed by atoms with Gasteiger partial charge in [0.05, 0.1) is 31.8 Å². The molecule has 0 saturated heterocycles. The fourth-order valence-corrected chi connectivity index (χ4v) is 3.88. The van der Waals surface area contributed by atoms with Crippen LogP contribution in [-0.4, -0.2) is 32.4 Å². The lowest BCUT2D eigenvalue weighted by Crippen LogP contribution is -2.14. The Balaban J connectivity index is 2.05. The highest BCUT2D eigenvalue weighted by molar-refractivity contribution is 7.92. The lowest BCUT2D eigenvalue weighted by atomic mass is 10.1. The Kier molecular flexibility index (Phi) is 4.85. The standard InChI is InChI=1S/C18H19N3O4S/c1-21-18(13-7-5-4-6-8-13)15(12-19-21)20-26(22,23)17-11-14(24-2)9-10-16(17)25-3/h4-12,20H,1-3H3. The van der Waals surface area contributed by atoms with Crippen molar-refractivity contribution in [2.24, 2.45) is 7.05 Å². The molecule has 0 atom stereocenters. The Morgan fingerprint density at radius 2 is 1.77 bits per heavy atom. The second-order valence-corrected chi connectivity index (χ2v) is 7.17. The topological polar surface area (TPSA) is 82.4 Å². The van der Waals surface area contributed by atoms with Crippen molar-refractivity contribution in [1.82, 2.24) is 9.78 Å². The average molecular weight is 373 g/mol. The molecular weight excluding hydrogens is 354 g/mol. The Bertz CT molecular complexity index is 1010. The number of benzene rings is 2. The van der Waals surface area contributed by atoms with Crippen LogP contribution < -0.4 is 14.2 Å². The van der Waals surface area contributed by atoms with Gasteiger partial charge in [-0.2, -0.15) is 5.10 Å². The van der Waals surface area contributed by atoms with Gasteiger partial charge in [-0.1, -0.05) is 30.3 Å². The molecule has 0 radical (unpaired) electrons. The maximum absolute atomic E-state index is 13.0. The first-order valence-corrected chi connectivity index (χ1v) is 9.27. The van der Waals surface area contributed by atoms with Gasteiger partial charge in [-0.15, -0.1) is 0 Å². The third kappa shape index (κ3) is 3.36. The second-order valence-electron chi connectivity index (χ2n) is 5.52. The number of sulfonamides is 1. The van der Waals surface area contributed by atoms with Crippen molar-refractivity contribution in [1.29, 1.82) is 0 Å². The number of hydrogen-bond donors (Lipinski definition) is 1. The van der Waals surface area contributed by atoms with Crippen molar-refractivity contribution in [2.75, 3.05) is 18.9 Å². The summed E-state index contributed by atoms with van der Waals surface area (Å²) < 4.78 is 40.5. The van der Waals surface area contributed by atoms with Crippen LogP contribution in [0.25, 0.3) is 11.3 Å². The molecule has 0 fully saturated rings. The summed E-state index contributed by atoms with van der Waals surface area (Å²) in [5, 5.41) is 4.18. The summed E-state index contributed by atoms with van der Waals surface area (Å²) in [5.74, 6) is 0.643. The molecule has 0 aliphatic heterocycles. The molecule has 0 saturated carbocycles. The molecule has 0 spiro atoms. The Morgan fingerprint density at radius 1 is 1.04 bits per heavy atom. The Morgan fingerprint density at radius 3 is 2.42 bits per heavy atom. The first-order valence-electron chi connectivity index (χ1n) is 7.78.